The van der Waals surface area contributed by atoms with Gasteiger partial charge in [0.25, 0.3) is 0 Å². The third-order valence-corrected chi connectivity index (χ3v) is 3.49. The summed E-state index contributed by atoms with van der Waals surface area (Å²) < 4.78 is 0. The number of hydrogen-bond donors (Lipinski definition) is 1. The summed E-state index contributed by atoms with van der Waals surface area (Å²) in [4.78, 5) is 13.2. The zero-order valence-electron chi connectivity index (χ0n) is 9.82. The van der Waals surface area contributed by atoms with Gasteiger partial charge in [0, 0.05) is 25.0 Å². The molecule has 1 aromatic rings. The molecule has 0 bridgehead atoms. The highest BCUT2D eigenvalue weighted by atomic mass is 35.5. The highest BCUT2D eigenvalue weighted by Gasteiger charge is 2.20. The zero-order chi connectivity index (χ0) is 12.4. The molecule has 3 nitrogen and oxygen atoms in total. The number of nitrogens with zero attached hydrogens (tertiary/aromatic N) is 1. The van der Waals surface area contributed by atoms with Crippen molar-refractivity contribution in [1.82, 2.24) is 0 Å². The van der Waals surface area contributed by atoms with Crippen molar-refractivity contribution < 1.29 is 9.90 Å². The predicted octanol–water partition coefficient (Wildman–Crippen LogP) is 1.74. The summed E-state index contributed by atoms with van der Waals surface area (Å²) in [5, 5.41) is 9.51. The number of fused-ring (bicyclic) bond motifs is 1. The van der Waals surface area contributed by atoms with Gasteiger partial charge in [0.05, 0.1) is 6.10 Å². The molecule has 0 spiro atoms. The monoisotopic (exact) mass is 253 g/mol. The maximum absolute atomic E-state index is 11.5. The number of alkyl halides is 1. The van der Waals surface area contributed by atoms with Crippen LogP contribution in [0.4, 0.5) is 5.69 Å². The van der Waals surface area contributed by atoms with Gasteiger partial charge >= 0.3 is 0 Å². The minimum atomic E-state index is -0.502. The Morgan fingerprint density at radius 1 is 1.47 bits per heavy atom. The van der Waals surface area contributed by atoms with E-state index in [-0.39, 0.29) is 11.8 Å². The van der Waals surface area contributed by atoms with Gasteiger partial charge in [0.2, 0.25) is 5.91 Å². The van der Waals surface area contributed by atoms with Gasteiger partial charge in [-0.25, -0.2) is 0 Å². The number of hydrogen-bond acceptors (Lipinski definition) is 2. The summed E-state index contributed by atoms with van der Waals surface area (Å²) >= 11 is 5.58. The summed E-state index contributed by atoms with van der Waals surface area (Å²) in [7, 11) is 1.80. The standard InChI is InChI=1S/C13H16ClNO2/c1-15-12-4-2-9(7-11(16)8-14)6-10(12)3-5-13(15)17/h2,4,6,11,16H,3,5,7-8H2,1H3. The van der Waals surface area contributed by atoms with Crippen molar-refractivity contribution in [3.63, 3.8) is 0 Å². The molecule has 1 aliphatic heterocycles. The van der Waals surface area contributed by atoms with Crippen molar-refractivity contribution in [1.29, 1.82) is 0 Å². The van der Waals surface area contributed by atoms with E-state index in [2.05, 4.69) is 6.07 Å². The lowest BCUT2D eigenvalue weighted by molar-refractivity contribution is -0.118. The highest BCUT2D eigenvalue weighted by Crippen LogP contribution is 2.27. The van der Waals surface area contributed by atoms with Crippen molar-refractivity contribution in [3.8, 4) is 0 Å². The minimum Gasteiger partial charge on any atom is -0.392 e. The molecular weight excluding hydrogens is 238 g/mol. The van der Waals surface area contributed by atoms with Crippen LogP contribution in [0, 0.1) is 0 Å². The van der Waals surface area contributed by atoms with Gasteiger partial charge in [-0.3, -0.25) is 4.79 Å². The fourth-order valence-electron chi connectivity index (χ4n) is 2.16. The number of anilines is 1. The SMILES string of the molecule is CN1C(=O)CCc2cc(CC(O)CCl)ccc21. The number of carbonyl (C=O) groups is 1. The topological polar surface area (TPSA) is 40.5 Å². The molecule has 0 saturated heterocycles. The van der Waals surface area contributed by atoms with E-state index in [4.69, 9.17) is 11.6 Å². The third-order valence-electron chi connectivity index (χ3n) is 3.14. The number of rotatable bonds is 3. The van der Waals surface area contributed by atoms with Crippen molar-refractivity contribution in [2.24, 2.45) is 0 Å². The van der Waals surface area contributed by atoms with Crippen molar-refractivity contribution >= 4 is 23.2 Å². The Morgan fingerprint density at radius 3 is 2.94 bits per heavy atom. The third kappa shape index (κ3) is 2.61. The van der Waals surface area contributed by atoms with E-state index < -0.39 is 6.10 Å². The molecule has 0 radical (unpaired) electrons. The molecular formula is C13H16ClNO2. The molecule has 17 heavy (non-hydrogen) atoms. The predicted molar refractivity (Wildman–Crippen MR) is 68.6 cm³/mol. The van der Waals surface area contributed by atoms with E-state index in [1.165, 1.54) is 5.56 Å². The van der Waals surface area contributed by atoms with Crippen molar-refractivity contribution in [3.05, 3.63) is 29.3 Å². The molecule has 1 N–H and O–H groups in total. The van der Waals surface area contributed by atoms with E-state index in [0.29, 0.717) is 12.8 Å². The first-order chi connectivity index (χ1) is 8.11. The molecule has 1 atom stereocenters. The first kappa shape index (κ1) is 12.4. The molecule has 1 aliphatic rings. The highest BCUT2D eigenvalue weighted by molar-refractivity contribution is 6.18. The Morgan fingerprint density at radius 2 is 2.24 bits per heavy atom. The molecule has 0 aromatic heterocycles. The Balaban J connectivity index is 2.23. The lowest BCUT2D eigenvalue weighted by Crippen LogP contribution is -2.31. The summed E-state index contributed by atoms with van der Waals surface area (Å²) in [5.74, 6) is 0.404. The quantitative estimate of drug-likeness (QED) is 0.834. The Labute approximate surface area is 106 Å². The Kier molecular flexibility index (Phi) is 3.69. The summed E-state index contributed by atoms with van der Waals surface area (Å²) in [5.41, 5.74) is 3.22. The van der Waals surface area contributed by atoms with E-state index >= 15 is 0 Å². The molecule has 1 unspecified atom stereocenters. The van der Waals surface area contributed by atoms with Gasteiger partial charge in [0.1, 0.15) is 0 Å². The van der Waals surface area contributed by atoms with Gasteiger partial charge in [-0.15, -0.1) is 11.6 Å². The molecule has 1 aromatic carbocycles. The van der Waals surface area contributed by atoms with Gasteiger partial charge in [-0.05, 0) is 30.0 Å². The molecule has 2 rings (SSSR count). The molecule has 0 saturated carbocycles. The first-order valence-corrected chi connectivity index (χ1v) is 6.27. The van der Waals surface area contributed by atoms with E-state index in [1.807, 2.05) is 12.1 Å². The van der Waals surface area contributed by atoms with Crippen LogP contribution >= 0.6 is 11.6 Å². The van der Waals surface area contributed by atoms with Crippen molar-refractivity contribution in [2.75, 3.05) is 17.8 Å². The fraction of sp³-hybridized carbons (Fsp3) is 0.462. The first-order valence-electron chi connectivity index (χ1n) is 5.74. The van der Waals surface area contributed by atoms with Crippen LogP contribution in [0.3, 0.4) is 0 Å². The molecule has 4 heteroatoms. The largest absolute Gasteiger partial charge is 0.392 e. The average Bonchev–Trinajstić information content (AvgIpc) is 2.34. The van der Waals surface area contributed by atoms with Crippen LogP contribution in [0.15, 0.2) is 18.2 Å². The van der Waals surface area contributed by atoms with Crippen LogP contribution in [0.5, 0.6) is 0 Å². The smallest absolute Gasteiger partial charge is 0.227 e. The summed E-state index contributed by atoms with van der Waals surface area (Å²) in [6, 6.07) is 5.96. The number of benzene rings is 1. The lowest BCUT2D eigenvalue weighted by atomic mass is 9.97. The number of aryl methyl sites for hydroxylation is 1. The Hall–Kier alpha value is -1.06. The summed E-state index contributed by atoms with van der Waals surface area (Å²) in [6.45, 7) is 0. The number of aliphatic hydroxyl groups excluding tert-OH is 1. The molecule has 1 amide bonds. The normalized spacial score (nSPS) is 16.9. The maximum atomic E-state index is 11.5. The number of halogens is 1. The van der Waals surface area contributed by atoms with Crippen LogP contribution in [0.1, 0.15) is 17.5 Å². The van der Waals surface area contributed by atoms with Crippen LogP contribution in [-0.2, 0) is 17.6 Å². The number of aliphatic hydroxyl groups is 1. The van der Waals surface area contributed by atoms with Crippen LogP contribution in [0.25, 0.3) is 0 Å². The van der Waals surface area contributed by atoms with E-state index in [0.717, 1.165) is 17.7 Å². The van der Waals surface area contributed by atoms with Gasteiger partial charge in [-0.2, -0.15) is 0 Å². The van der Waals surface area contributed by atoms with E-state index in [1.54, 1.807) is 11.9 Å². The zero-order valence-corrected chi connectivity index (χ0v) is 10.6. The number of amides is 1. The molecule has 0 aliphatic carbocycles. The molecule has 92 valence electrons. The molecule has 1 heterocycles. The van der Waals surface area contributed by atoms with Crippen LogP contribution in [-0.4, -0.2) is 30.0 Å². The second-order valence-corrected chi connectivity index (χ2v) is 4.74. The van der Waals surface area contributed by atoms with Gasteiger partial charge in [-0.1, -0.05) is 12.1 Å². The fourth-order valence-corrected chi connectivity index (χ4v) is 2.27. The maximum Gasteiger partial charge on any atom is 0.227 e. The van der Waals surface area contributed by atoms with Crippen LogP contribution < -0.4 is 4.90 Å². The van der Waals surface area contributed by atoms with Gasteiger partial charge in [0.15, 0.2) is 0 Å². The van der Waals surface area contributed by atoms with Crippen LogP contribution in [0.2, 0.25) is 0 Å². The minimum absolute atomic E-state index is 0.158. The molecule has 0 fully saturated rings. The number of carbonyl (C=O) groups excluding carboxylic acids is 1. The Bertz CT molecular complexity index is 433. The lowest BCUT2D eigenvalue weighted by Gasteiger charge is -2.26. The second-order valence-electron chi connectivity index (χ2n) is 4.43. The van der Waals surface area contributed by atoms with Crippen molar-refractivity contribution in [2.45, 2.75) is 25.4 Å². The second kappa shape index (κ2) is 5.07. The summed E-state index contributed by atoms with van der Waals surface area (Å²) in [6.07, 6.45) is 1.40. The average molecular weight is 254 g/mol. The van der Waals surface area contributed by atoms with E-state index in [9.17, 15) is 9.90 Å². The van der Waals surface area contributed by atoms with Gasteiger partial charge < -0.3 is 10.0 Å².